The Balaban J connectivity index is 2.90. The van der Waals surface area contributed by atoms with Crippen LogP contribution in [0.5, 0.6) is 0 Å². The molecule has 0 amide bonds. The summed E-state index contributed by atoms with van der Waals surface area (Å²) in [5.41, 5.74) is 0. The third kappa shape index (κ3) is 3.07. The largest absolute Gasteiger partial charge is 0.351 e. The maximum atomic E-state index is 8.57. The van der Waals surface area contributed by atoms with Gasteiger partial charge in [0.1, 0.15) is 0 Å². The van der Waals surface area contributed by atoms with E-state index in [-0.39, 0.29) is 6.04 Å². The molecule has 0 spiro atoms. The van der Waals surface area contributed by atoms with Crippen LogP contribution in [0.1, 0.15) is 20.3 Å². The molecule has 0 fully saturated rings. The molecule has 5 heteroatoms. The van der Waals surface area contributed by atoms with Crippen molar-refractivity contribution in [3.8, 4) is 6.07 Å². The monoisotopic (exact) mass is 224 g/mol. The molecule has 0 aliphatic heterocycles. The van der Waals surface area contributed by atoms with Gasteiger partial charge in [0.2, 0.25) is 0 Å². The lowest BCUT2D eigenvalue weighted by molar-refractivity contribution is 0.675. The van der Waals surface area contributed by atoms with Gasteiger partial charge in [0.05, 0.1) is 12.5 Å². The maximum absolute atomic E-state index is 8.57. The van der Waals surface area contributed by atoms with Crippen molar-refractivity contribution >= 4 is 17.4 Å². The Labute approximate surface area is 94.5 Å². The Morgan fingerprint density at radius 1 is 1.47 bits per heavy atom. The predicted molar refractivity (Wildman–Crippen MR) is 59.8 cm³/mol. The molecule has 15 heavy (non-hydrogen) atoms. The van der Waals surface area contributed by atoms with Gasteiger partial charge < -0.3 is 4.90 Å². The Kier molecular flexibility index (Phi) is 4.32. The molecule has 1 heterocycles. The van der Waals surface area contributed by atoms with Crippen LogP contribution in [0.4, 0.5) is 5.82 Å². The van der Waals surface area contributed by atoms with Crippen molar-refractivity contribution in [1.29, 1.82) is 5.26 Å². The molecule has 0 saturated carbocycles. The summed E-state index contributed by atoms with van der Waals surface area (Å²) in [5.74, 6) is 0.643. The molecule has 0 unspecified atom stereocenters. The average Bonchev–Trinajstić information content (AvgIpc) is 2.20. The minimum Gasteiger partial charge on any atom is -0.351 e. The number of nitriles is 1. The van der Waals surface area contributed by atoms with Gasteiger partial charge in [-0.1, -0.05) is 11.6 Å². The molecule has 1 aromatic heterocycles. The number of halogens is 1. The fourth-order valence-electron chi connectivity index (χ4n) is 1.29. The summed E-state index contributed by atoms with van der Waals surface area (Å²) in [6.07, 6.45) is 3.60. The SMILES string of the molecule is CC(C)N(CCC#N)c1nccnc1Cl. The number of hydrogen-bond acceptors (Lipinski definition) is 4. The highest BCUT2D eigenvalue weighted by atomic mass is 35.5. The predicted octanol–water partition coefficient (Wildman–Crippen LogP) is 2.26. The molecular weight excluding hydrogens is 212 g/mol. The molecule has 0 N–H and O–H groups in total. The first-order chi connectivity index (χ1) is 7.16. The molecule has 0 aliphatic carbocycles. The van der Waals surface area contributed by atoms with Gasteiger partial charge in [-0.2, -0.15) is 5.26 Å². The standard InChI is InChI=1S/C10H13ClN4/c1-8(2)15(7-3-4-12)10-9(11)13-5-6-14-10/h5-6,8H,3,7H2,1-2H3. The number of anilines is 1. The van der Waals surface area contributed by atoms with Crippen LogP contribution >= 0.6 is 11.6 Å². The van der Waals surface area contributed by atoms with Crippen LogP contribution in [0.2, 0.25) is 5.15 Å². The second kappa shape index (κ2) is 5.52. The molecule has 0 saturated heterocycles. The van der Waals surface area contributed by atoms with Crippen molar-refractivity contribution in [1.82, 2.24) is 9.97 Å². The first-order valence-electron chi connectivity index (χ1n) is 4.77. The van der Waals surface area contributed by atoms with Gasteiger partial charge in [-0.25, -0.2) is 9.97 Å². The van der Waals surface area contributed by atoms with Crippen LogP contribution in [0.25, 0.3) is 0 Å². The van der Waals surface area contributed by atoms with Crippen molar-refractivity contribution in [3.63, 3.8) is 0 Å². The maximum Gasteiger partial charge on any atom is 0.171 e. The van der Waals surface area contributed by atoms with Crippen LogP contribution in [0, 0.1) is 11.3 Å². The zero-order chi connectivity index (χ0) is 11.3. The Bertz CT molecular complexity index is 359. The number of nitrogens with zero attached hydrogens (tertiary/aromatic N) is 4. The van der Waals surface area contributed by atoms with E-state index in [9.17, 15) is 0 Å². The van der Waals surface area contributed by atoms with Gasteiger partial charge in [-0.05, 0) is 13.8 Å². The van der Waals surface area contributed by atoms with Crippen LogP contribution < -0.4 is 4.90 Å². The smallest absolute Gasteiger partial charge is 0.171 e. The van der Waals surface area contributed by atoms with Gasteiger partial charge in [0, 0.05) is 25.0 Å². The summed E-state index contributed by atoms with van der Waals surface area (Å²) < 4.78 is 0. The van der Waals surface area contributed by atoms with E-state index in [4.69, 9.17) is 16.9 Å². The Hall–Kier alpha value is -1.34. The second-order valence-electron chi connectivity index (χ2n) is 3.37. The quantitative estimate of drug-likeness (QED) is 0.787. The minimum atomic E-state index is 0.243. The second-order valence-corrected chi connectivity index (χ2v) is 3.72. The van der Waals surface area contributed by atoms with Crippen molar-refractivity contribution in [2.75, 3.05) is 11.4 Å². The highest BCUT2D eigenvalue weighted by molar-refractivity contribution is 6.31. The molecule has 0 atom stereocenters. The number of aromatic nitrogens is 2. The molecule has 0 aromatic carbocycles. The topological polar surface area (TPSA) is 52.8 Å². The number of rotatable bonds is 4. The van der Waals surface area contributed by atoms with E-state index in [0.29, 0.717) is 23.9 Å². The van der Waals surface area contributed by atoms with Crippen LogP contribution in [-0.2, 0) is 0 Å². The van der Waals surface area contributed by atoms with Gasteiger partial charge in [-0.15, -0.1) is 0 Å². The molecule has 0 bridgehead atoms. The molecular formula is C10H13ClN4. The highest BCUT2D eigenvalue weighted by Gasteiger charge is 2.14. The lowest BCUT2D eigenvalue weighted by Crippen LogP contribution is -2.32. The lowest BCUT2D eigenvalue weighted by Gasteiger charge is -2.26. The Morgan fingerprint density at radius 2 is 2.13 bits per heavy atom. The van der Waals surface area contributed by atoms with E-state index in [1.807, 2.05) is 18.7 Å². The highest BCUT2D eigenvalue weighted by Crippen LogP contribution is 2.21. The van der Waals surface area contributed by atoms with Crippen molar-refractivity contribution in [2.45, 2.75) is 26.3 Å². The summed E-state index contributed by atoms with van der Waals surface area (Å²) >= 11 is 5.94. The first kappa shape index (κ1) is 11.7. The Morgan fingerprint density at radius 3 is 2.67 bits per heavy atom. The van der Waals surface area contributed by atoms with Crippen LogP contribution in [0.15, 0.2) is 12.4 Å². The molecule has 80 valence electrons. The fourth-order valence-corrected chi connectivity index (χ4v) is 1.50. The van der Waals surface area contributed by atoms with E-state index in [1.165, 1.54) is 0 Å². The van der Waals surface area contributed by atoms with Crippen molar-refractivity contribution < 1.29 is 0 Å². The summed E-state index contributed by atoms with van der Waals surface area (Å²) in [6, 6.07) is 2.35. The molecule has 1 rings (SSSR count). The fraction of sp³-hybridized carbons (Fsp3) is 0.500. The van der Waals surface area contributed by atoms with Gasteiger partial charge >= 0.3 is 0 Å². The van der Waals surface area contributed by atoms with E-state index >= 15 is 0 Å². The molecule has 0 aliphatic rings. The van der Waals surface area contributed by atoms with Gasteiger partial charge in [-0.3, -0.25) is 0 Å². The van der Waals surface area contributed by atoms with E-state index in [2.05, 4.69) is 16.0 Å². The van der Waals surface area contributed by atoms with Crippen molar-refractivity contribution in [2.24, 2.45) is 0 Å². The van der Waals surface area contributed by atoms with Crippen LogP contribution in [0.3, 0.4) is 0 Å². The van der Waals surface area contributed by atoms with Gasteiger partial charge in [0.25, 0.3) is 0 Å². The first-order valence-corrected chi connectivity index (χ1v) is 5.14. The van der Waals surface area contributed by atoms with E-state index < -0.39 is 0 Å². The summed E-state index contributed by atoms with van der Waals surface area (Å²) in [7, 11) is 0. The zero-order valence-corrected chi connectivity index (χ0v) is 9.57. The van der Waals surface area contributed by atoms with E-state index in [0.717, 1.165) is 0 Å². The van der Waals surface area contributed by atoms with Crippen molar-refractivity contribution in [3.05, 3.63) is 17.5 Å². The van der Waals surface area contributed by atoms with Gasteiger partial charge in [0.15, 0.2) is 11.0 Å². The molecule has 4 nitrogen and oxygen atoms in total. The number of hydrogen-bond donors (Lipinski definition) is 0. The van der Waals surface area contributed by atoms with E-state index in [1.54, 1.807) is 12.4 Å². The lowest BCUT2D eigenvalue weighted by atomic mass is 10.3. The molecule has 1 aromatic rings. The minimum absolute atomic E-state index is 0.243. The summed E-state index contributed by atoms with van der Waals surface area (Å²) in [4.78, 5) is 10.1. The summed E-state index contributed by atoms with van der Waals surface area (Å²) in [5, 5.41) is 8.95. The molecule has 0 radical (unpaired) electrons. The normalized spacial score (nSPS) is 10.1. The zero-order valence-electron chi connectivity index (χ0n) is 8.81. The average molecular weight is 225 g/mol. The van der Waals surface area contributed by atoms with Crippen LogP contribution in [-0.4, -0.2) is 22.6 Å². The third-order valence-corrected chi connectivity index (χ3v) is 2.26. The summed E-state index contributed by atoms with van der Waals surface area (Å²) in [6.45, 7) is 4.68. The third-order valence-electron chi connectivity index (χ3n) is 2.00.